The molecule has 0 aliphatic heterocycles. The van der Waals surface area contributed by atoms with E-state index >= 15 is 0 Å². The van der Waals surface area contributed by atoms with Gasteiger partial charge in [0.15, 0.2) is 13.2 Å². The number of carbonyl (C=O) groups is 1. The van der Waals surface area contributed by atoms with Crippen molar-refractivity contribution >= 4 is 14.3 Å². The summed E-state index contributed by atoms with van der Waals surface area (Å²) in [6.07, 6.45) is 4.38. The molecule has 1 atom stereocenters. The lowest BCUT2D eigenvalue weighted by atomic mass is 10.4. The van der Waals surface area contributed by atoms with Gasteiger partial charge in [0.1, 0.15) is 13.1 Å². The zero-order valence-electron chi connectivity index (χ0n) is 12.4. The second-order valence-electron chi connectivity index (χ2n) is 4.77. The Morgan fingerprint density at radius 2 is 2.00 bits per heavy atom. The Morgan fingerprint density at radius 1 is 1.33 bits per heavy atom. The molecule has 0 aromatic heterocycles. The molecular weight excluding hydrogens is 299 g/mol. The largest absolute Gasteiger partial charge is 0.694 e. The molecule has 0 spiro atoms. The van der Waals surface area contributed by atoms with Crippen LogP contribution in [0.1, 0.15) is 0 Å². The number of alkyl carbamates (subject to hydrolysis) is 1. The average molecular weight is 322 g/mol. The summed E-state index contributed by atoms with van der Waals surface area (Å²) in [4.78, 5) is 19.5. The number of terminal acetylenes is 1. The third kappa shape index (κ3) is 13.5. The van der Waals surface area contributed by atoms with Gasteiger partial charge < -0.3 is 19.3 Å². The molecule has 8 nitrogen and oxygen atoms in total. The predicted octanol–water partition coefficient (Wildman–Crippen LogP) is 0.105. The summed E-state index contributed by atoms with van der Waals surface area (Å²) >= 11 is 0. The van der Waals surface area contributed by atoms with Crippen LogP contribution in [0.5, 0.6) is 0 Å². The first-order chi connectivity index (χ1) is 9.87. The fourth-order valence-corrected chi connectivity index (χ4v) is 1.51. The highest BCUT2D eigenvalue weighted by Crippen LogP contribution is 2.14. The summed E-state index contributed by atoms with van der Waals surface area (Å²) in [6.45, 7) is 2.67. The SMILES string of the molecule is C#CCOC(=O)NCCOCC[N+](C)(C)CCO[P+](=O)O. The highest BCUT2D eigenvalue weighted by atomic mass is 31.1. The van der Waals surface area contributed by atoms with Crippen LogP contribution in [-0.4, -0.2) is 75.6 Å². The molecule has 0 heterocycles. The number of nitrogens with zero attached hydrogens (tertiary/aromatic N) is 1. The van der Waals surface area contributed by atoms with Crippen molar-refractivity contribution in [3.63, 3.8) is 0 Å². The van der Waals surface area contributed by atoms with Gasteiger partial charge in [-0.25, -0.2) is 4.79 Å². The van der Waals surface area contributed by atoms with Gasteiger partial charge in [0.25, 0.3) is 0 Å². The van der Waals surface area contributed by atoms with Gasteiger partial charge in [0, 0.05) is 11.1 Å². The van der Waals surface area contributed by atoms with Crippen LogP contribution in [0.2, 0.25) is 0 Å². The molecule has 120 valence electrons. The maximum atomic E-state index is 11.0. The van der Waals surface area contributed by atoms with E-state index in [1.165, 1.54) is 0 Å². The third-order valence-corrected chi connectivity index (χ3v) is 2.95. The number of rotatable bonds is 11. The van der Waals surface area contributed by atoms with E-state index in [0.717, 1.165) is 0 Å². The number of likely N-dealkylation sites (N-methyl/N-ethyl adjacent to an activating group) is 1. The lowest BCUT2D eigenvalue weighted by Crippen LogP contribution is -2.44. The van der Waals surface area contributed by atoms with Gasteiger partial charge in [0.2, 0.25) is 0 Å². The molecule has 0 saturated carbocycles. The van der Waals surface area contributed by atoms with Crippen LogP contribution in [0.25, 0.3) is 0 Å². The van der Waals surface area contributed by atoms with Crippen LogP contribution in [0, 0.1) is 12.3 Å². The van der Waals surface area contributed by atoms with Crippen LogP contribution in [0.4, 0.5) is 4.79 Å². The quantitative estimate of drug-likeness (QED) is 0.243. The van der Waals surface area contributed by atoms with Crippen molar-refractivity contribution in [3.05, 3.63) is 0 Å². The Labute approximate surface area is 125 Å². The highest BCUT2D eigenvalue weighted by molar-refractivity contribution is 7.32. The van der Waals surface area contributed by atoms with E-state index in [0.29, 0.717) is 37.3 Å². The molecule has 0 aromatic carbocycles. The molecule has 0 aliphatic rings. The Kier molecular flexibility index (Phi) is 10.8. The fraction of sp³-hybridized carbons (Fsp3) is 0.750. The number of amides is 1. The number of hydrogen-bond acceptors (Lipinski definition) is 5. The first kappa shape index (κ1) is 19.8. The van der Waals surface area contributed by atoms with Crippen molar-refractivity contribution in [1.29, 1.82) is 0 Å². The number of carbonyl (C=O) groups excluding carboxylic acids is 1. The van der Waals surface area contributed by atoms with Gasteiger partial charge >= 0.3 is 14.3 Å². The molecule has 0 aromatic rings. The lowest BCUT2D eigenvalue weighted by Gasteiger charge is -2.28. The van der Waals surface area contributed by atoms with Crippen LogP contribution in [-0.2, 0) is 18.6 Å². The topological polar surface area (TPSA) is 94.1 Å². The first-order valence-electron chi connectivity index (χ1n) is 6.40. The lowest BCUT2D eigenvalue weighted by molar-refractivity contribution is -0.890. The van der Waals surface area contributed by atoms with Crippen LogP contribution < -0.4 is 5.32 Å². The molecule has 0 bridgehead atoms. The highest BCUT2D eigenvalue weighted by Gasteiger charge is 2.19. The van der Waals surface area contributed by atoms with Gasteiger partial charge in [-0.1, -0.05) is 5.92 Å². The van der Waals surface area contributed by atoms with E-state index in [1.54, 1.807) is 0 Å². The van der Waals surface area contributed by atoms with Crippen LogP contribution in [0.15, 0.2) is 0 Å². The van der Waals surface area contributed by atoms with E-state index in [9.17, 15) is 9.36 Å². The first-order valence-corrected chi connectivity index (χ1v) is 7.53. The van der Waals surface area contributed by atoms with Crippen molar-refractivity contribution in [3.8, 4) is 12.3 Å². The zero-order valence-corrected chi connectivity index (χ0v) is 13.3. The summed E-state index contributed by atoms with van der Waals surface area (Å²) < 4.78 is 25.6. The molecule has 21 heavy (non-hydrogen) atoms. The number of hydrogen-bond donors (Lipinski definition) is 2. The van der Waals surface area contributed by atoms with Crippen LogP contribution >= 0.6 is 8.25 Å². The minimum Gasteiger partial charge on any atom is -0.436 e. The zero-order chi connectivity index (χ0) is 16.1. The predicted molar refractivity (Wildman–Crippen MR) is 76.6 cm³/mol. The maximum absolute atomic E-state index is 11.0. The summed E-state index contributed by atoms with van der Waals surface area (Å²) in [5.41, 5.74) is 0. The van der Waals surface area contributed by atoms with Gasteiger partial charge in [-0.3, -0.25) is 0 Å². The van der Waals surface area contributed by atoms with Gasteiger partial charge in [-0.15, -0.1) is 15.8 Å². The smallest absolute Gasteiger partial charge is 0.436 e. The second-order valence-corrected chi connectivity index (χ2v) is 5.51. The Balaban J connectivity index is 3.54. The minimum absolute atomic E-state index is 0.0557. The summed E-state index contributed by atoms with van der Waals surface area (Å²) in [6, 6.07) is 0. The van der Waals surface area contributed by atoms with Crippen molar-refractivity contribution in [2.24, 2.45) is 0 Å². The number of quaternary nitrogens is 1. The summed E-state index contributed by atoms with van der Waals surface area (Å²) in [5, 5.41) is 2.49. The Morgan fingerprint density at radius 3 is 2.62 bits per heavy atom. The van der Waals surface area contributed by atoms with E-state index in [-0.39, 0.29) is 13.2 Å². The fourth-order valence-electron chi connectivity index (χ4n) is 1.28. The summed E-state index contributed by atoms with van der Waals surface area (Å²) in [5.74, 6) is 2.19. The average Bonchev–Trinajstić information content (AvgIpc) is 2.39. The molecule has 0 saturated heterocycles. The van der Waals surface area contributed by atoms with Crippen LogP contribution in [0.3, 0.4) is 0 Å². The minimum atomic E-state index is -2.54. The van der Waals surface area contributed by atoms with Gasteiger partial charge in [-0.2, -0.15) is 0 Å². The number of ether oxygens (including phenoxy) is 2. The second kappa shape index (κ2) is 11.4. The Hall–Kier alpha value is -1.23. The van der Waals surface area contributed by atoms with E-state index < -0.39 is 14.3 Å². The molecule has 0 rings (SSSR count). The van der Waals surface area contributed by atoms with E-state index in [1.807, 2.05) is 14.1 Å². The van der Waals surface area contributed by atoms with Gasteiger partial charge in [0.05, 0.1) is 27.3 Å². The van der Waals surface area contributed by atoms with Gasteiger partial charge in [-0.05, 0) is 0 Å². The summed E-state index contributed by atoms with van der Waals surface area (Å²) in [7, 11) is 1.39. The van der Waals surface area contributed by atoms with Crippen molar-refractivity contribution in [2.75, 3.05) is 60.2 Å². The molecule has 0 aliphatic carbocycles. The molecule has 1 unspecified atom stereocenters. The molecule has 1 amide bonds. The molecule has 0 radical (unpaired) electrons. The standard InChI is InChI=1S/C12H21N2O6P/c1-4-8-19-12(15)13-5-9-18-10-6-14(2,3)7-11-20-21(16)17/h1H,5-11H2,2-3H3/p+2. The monoisotopic (exact) mass is 322 g/mol. The van der Waals surface area contributed by atoms with Crippen molar-refractivity contribution < 1.29 is 32.7 Å². The maximum Gasteiger partial charge on any atom is 0.694 e. The third-order valence-electron chi connectivity index (χ3n) is 2.54. The van der Waals surface area contributed by atoms with Crippen molar-refractivity contribution in [2.45, 2.75) is 0 Å². The molecule has 0 fully saturated rings. The van der Waals surface area contributed by atoms with E-state index in [2.05, 4.69) is 20.5 Å². The molecule has 9 heteroatoms. The normalized spacial score (nSPS) is 11.6. The van der Waals surface area contributed by atoms with Crippen molar-refractivity contribution in [1.82, 2.24) is 5.32 Å². The Bertz CT molecular complexity index is 369. The van der Waals surface area contributed by atoms with E-state index in [4.69, 9.17) is 16.1 Å². The molecule has 2 N–H and O–H groups in total. The number of nitrogens with one attached hydrogen (secondary N) is 1. The molecular formula is C12H23N2O6P+2.